The molecule has 0 atom stereocenters. The molecule has 0 aliphatic rings. The molecule has 0 saturated heterocycles. The molecule has 2 N–H and O–H groups in total. The van der Waals surface area contributed by atoms with Crippen molar-refractivity contribution < 1.29 is 13.9 Å². The standard InChI is InChI=1S/C21H20FN3O2/c22-18-6-2-8-20(13-18)27-15-17-4-1-7-19(12-17)25-21(26)24-11-9-16-5-3-10-23-14-16/h1-8,10,12-14H,9,11,15H2,(H2,24,25,26). The third-order valence-corrected chi connectivity index (χ3v) is 3.81. The van der Waals surface area contributed by atoms with Crippen LogP contribution in [0.3, 0.4) is 0 Å². The van der Waals surface area contributed by atoms with Crippen LogP contribution in [0.5, 0.6) is 5.75 Å². The summed E-state index contributed by atoms with van der Waals surface area (Å²) in [6, 6.07) is 16.9. The van der Waals surface area contributed by atoms with Gasteiger partial charge in [-0.15, -0.1) is 0 Å². The highest BCUT2D eigenvalue weighted by molar-refractivity contribution is 5.89. The lowest BCUT2D eigenvalue weighted by atomic mass is 10.2. The Balaban J connectivity index is 1.47. The molecular weight excluding hydrogens is 345 g/mol. The Hall–Kier alpha value is -3.41. The molecule has 138 valence electrons. The number of nitrogens with one attached hydrogen (secondary N) is 2. The lowest BCUT2D eigenvalue weighted by Gasteiger charge is -2.10. The van der Waals surface area contributed by atoms with Crippen molar-refractivity contribution in [2.24, 2.45) is 0 Å². The van der Waals surface area contributed by atoms with Crippen molar-refractivity contribution in [1.82, 2.24) is 10.3 Å². The van der Waals surface area contributed by atoms with Crippen molar-refractivity contribution in [2.75, 3.05) is 11.9 Å². The summed E-state index contributed by atoms with van der Waals surface area (Å²) in [5, 5.41) is 5.61. The third-order valence-electron chi connectivity index (χ3n) is 3.81. The molecule has 0 saturated carbocycles. The second-order valence-electron chi connectivity index (χ2n) is 5.94. The number of urea groups is 1. The van der Waals surface area contributed by atoms with Gasteiger partial charge in [0.2, 0.25) is 0 Å². The number of halogens is 1. The van der Waals surface area contributed by atoms with Crippen molar-refractivity contribution in [3.63, 3.8) is 0 Å². The molecule has 1 aromatic heterocycles. The summed E-state index contributed by atoms with van der Waals surface area (Å²) in [6.07, 6.45) is 4.21. The van der Waals surface area contributed by atoms with Crippen LogP contribution in [0.15, 0.2) is 73.1 Å². The third kappa shape index (κ3) is 6.11. The molecule has 2 amide bonds. The van der Waals surface area contributed by atoms with Crippen molar-refractivity contribution in [3.8, 4) is 5.75 Å². The first-order valence-corrected chi connectivity index (χ1v) is 8.60. The van der Waals surface area contributed by atoms with Crippen LogP contribution in [0.25, 0.3) is 0 Å². The Morgan fingerprint density at radius 1 is 1.04 bits per heavy atom. The molecule has 27 heavy (non-hydrogen) atoms. The molecule has 0 aliphatic carbocycles. The van der Waals surface area contributed by atoms with Gasteiger partial charge in [0.15, 0.2) is 0 Å². The minimum absolute atomic E-state index is 0.276. The number of hydrogen-bond donors (Lipinski definition) is 2. The SMILES string of the molecule is O=C(NCCc1cccnc1)Nc1cccc(COc2cccc(F)c2)c1. The van der Waals surface area contributed by atoms with E-state index in [0.29, 0.717) is 24.4 Å². The first-order valence-electron chi connectivity index (χ1n) is 8.60. The van der Waals surface area contributed by atoms with E-state index in [4.69, 9.17) is 4.74 Å². The molecule has 6 heteroatoms. The maximum Gasteiger partial charge on any atom is 0.319 e. The summed E-state index contributed by atoms with van der Waals surface area (Å²) >= 11 is 0. The van der Waals surface area contributed by atoms with E-state index < -0.39 is 0 Å². The van der Waals surface area contributed by atoms with Crippen LogP contribution in [0, 0.1) is 5.82 Å². The topological polar surface area (TPSA) is 63.2 Å². The lowest BCUT2D eigenvalue weighted by molar-refractivity contribution is 0.252. The highest BCUT2D eigenvalue weighted by atomic mass is 19.1. The van der Waals surface area contributed by atoms with Crippen LogP contribution in [-0.4, -0.2) is 17.6 Å². The maximum absolute atomic E-state index is 13.2. The van der Waals surface area contributed by atoms with Crippen LogP contribution in [-0.2, 0) is 13.0 Å². The van der Waals surface area contributed by atoms with Gasteiger partial charge in [-0.1, -0.05) is 24.3 Å². The predicted molar refractivity (Wildman–Crippen MR) is 102 cm³/mol. The van der Waals surface area contributed by atoms with E-state index in [0.717, 1.165) is 11.1 Å². The van der Waals surface area contributed by atoms with Gasteiger partial charge in [0, 0.05) is 30.7 Å². The van der Waals surface area contributed by atoms with E-state index in [1.807, 2.05) is 30.3 Å². The van der Waals surface area contributed by atoms with Crippen molar-refractivity contribution in [1.29, 1.82) is 0 Å². The van der Waals surface area contributed by atoms with Gasteiger partial charge in [-0.3, -0.25) is 4.98 Å². The number of nitrogens with zero attached hydrogens (tertiary/aromatic N) is 1. The molecule has 0 fully saturated rings. The highest BCUT2D eigenvalue weighted by Crippen LogP contribution is 2.16. The number of anilines is 1. The van der Waals surface area contributed by atoms with Gasteiger partial charge in [-0.05, 0) is 47.9 Å². The molecule has 1 heterocycles. The van der Waals surface area contributed by atoms with E-state index in [1.165, 1.54) is 12.1 Å². The molecule has 3 rings (SSSR count). The normalized spacial score (nSPS) is 10.3. The predicted octanol–water partition coefficient (Wildman–Crippen LogP) is 4.16. The number of rotatable bonds is 7. The number of hydrogen-bond acceptors (Lipinski definition) is 3. The molecule has 0 unspecified atom stereocenters. The Kier molecular flexibility index (Phi) is 6.35. The average molecular weight is 365 g/mol. The van der Waals surface area contributed by atoms with Crippen LogP contribution in [0.2, 0.25) is 0 Å². The van der Waals surface area contributed by atoms with Gasteiger partial charge >= 0.3 is 6.03 Å². The molecule has 3 aromatic rings. The Morgan fingerprint density at radius 3 is 2.70 bits per heavy atom. The fourth-order valence-corrected chi connectivity index (χ4v) is 2.50. The number of amides is 2. The molecule has 0 bridgehead atoms. The minimum Gasteiger partial charge on any atom is -0.489 e. The number of aromatic nitrogens is 1. The summed E-state index contributed by atoms with van der Waals surface area (Å²) in [4.78, 5) is 16.1. The van der Waals surface area contributed by atoms with E-state index in [1.54, 1.807) is 30.6 Å². The monoisotopic (exact) mass is 365 g/mol. The number of ether oxygens (including phenoxy) is 1. The summed E-state index contributed by atoms with van der Waals surface area (Å²) in [6.45, 7) is 0.793. The fraction of sp³-hybridized carbons (Fsp3) is 0.143. The smallest absolute Gasteiger partial charge is 0.319 e. The zero-order valence-corrected chi connectivity index (χ0v) is 14.7. The van der Waals surface area contributed by atoms with Gasteiger partial charge < -0.3 is 15.4 Å². The summed E-state index contributed by atoms with van der Waals surface area (Å²) in [5.41, 5.74) is 2.59. The van der Waals surface area contributed by atoms with Crippen molar-refractivity contribution in [2.45, 2.75) is 13.0 Å². The Morgan fingerprint density at radius 2 is 1.89 bits per heavy atom. The number of pyridine rings is 1. The maximum atomic E-state index is 13.2. The number of carbonyl (C=O) groups is 1. The fourth-order valence-electron chi connectivity index (χ4n) is 2.50. The van der Waals surface area contributed by atoms with Crippen molar-refractivity contribution >= 4 is 11.7 Å². The summed E-state index contributed by atoms with van der Waals surface area (Å²) < 4.78 is 18.7. The van der Waals surface area contributed by atoms with Gasteiger partial charge in [0.05, 0.1) is 0 Å². The van der Waals surface area contributed by atoms with Gasteiger partial charge in [0.25, 0.3) is 0 Å². The van der Waals surface area contributed by atoms with Crippen LogP contribution in [0.1, 0.15) is 11.1 Å². The second-order valence-corrected chi connectivity index (χ2v) is 5.94. The second kappa shape index (κ2) is 9.33. The van der Waals surface area contributed by atoms with E-state index in [-0.39, 0.29) is 18.5 Å². The number of benzene rings is 2. The van der Waals surface area contributed by atoms with Crippen LogP contribution < -0.4 is 15.4 Å². The van der Waals surface area contributed by atoms with Crippen LogP contribution >= 0.6 is 0 Å². The first-order chi connectivity index (χ1) is 13.2. The largest absolute Gasteiger partial charge is 0.489 e. The highest BCUT2D eigenvalue weighted by Gasteiger charge is 2.03. The minimum atomic E-state index is -0.342. The van der Waals surface area contributed by atoms with Gasteiger partial charge in [0.1, 0.15) is 18.2 Å². The van der Waals surface area contributed by atoms with Crippen LogP contribution in [0.4, 0.5) is 14.9 Å². The zero-order valence-electron chi connectivity index (χ0n) is 14.7. The molecule has 2 aromatic carbocycles. The van der Waals surface area contributed by atoms with Gasteiger partial charge in [-0.2, -0.15) is 0 Å². The van der Waals surface area contributed by atoms with E-state index in [9.17, 15) is 9.18 Å². The average Bonchev–Trinajstić information content (AvgIpc) is 2.68. The number of carbonyl (C=O) groups excluding carboxylic acids is 1. The molecule has 0 aliphatic heterocycles. The Bertz CT molecular complexity index is 887. The van der Waals surface area contributed by atoms with E-state index >= 15 is 0 Å². The molecule has 0 spiro atoms. The summed E-state index contributed by atoms with van der Waals surface area (Å²) in [7, 11) is 0. The quantitative estimate of drug-likeness (QED) is 0.661. The Labute approximate surface area is 157 Å². The zero-order chi connectivity index (χ0) is 18.9. The summed E-state index contributed by atoms with van der Waals surface area (Å²) in [5.74, 6) is 0.118. The molecular formula is C21H20FN3O2. The lowest BCUT2D eigenvalue weighted by Crippen LogP contribution is -2.30. The molecule has 0 radical (unpaired) electrons. The molecule has 5 nitrogen and oxygen atoms in total. The van der Waals surface area contributed by atoms with Gasteiger partial charge in [-0.25, -0.2) is 9.18 Å². The first kappa shape index (κ1) is 18.4. The van der Waals surface area contributed by atoms with Crippen molar-refractivity contribution in [3.05, 3.63) is 90.0 Å². The van der Waals surface area contributed by atoms with E-state index in [2.05, 4.69) is 15.6 Å².